The van der Waals surface area contributed by atoms with Gasteiger partial charge >= 0.3 is 0 Å². The zero-order chi connectivity index (χ0) is 13.8. The van der Waals surface area contributed by atoms with Gasteiger partial charge in [-0.15, -0.1) is 0 Å². The van der Waals surface area contributed by atoms with E-state index in [1.165, 1.54) is 12.8 Å². The Morgan fingerprint density at radius 1 is 1.32 bits per heavy atom. The summed E-state index contributed by atoms with van der Waals surface area (Å²) in [6.45, 7) is 11.8. The fourth-order valence-corrected chi connectivity index (χ4v) is 2.78. The van der Waals surface area contributed by atoms with Gasteiger partial charge in [0.05, 0.1) is 0 Å². The molecule has 0 radical (unpaired) electrons. The van der Waals surface area contributed by atoms with Crippen LogP contribution in [-0.4, -0.2) is 29.6 Å². The maximum Gasteiger partial charge on any atom is 0.134 e. The van der Waals surface area contributed by atoms with Crippen LogP contribution in [-0.2, 0) is 0 Å². The minimum atomic E-state index is 0.798. The summed E-state index contributed by atoms with van der Waals surface area (Å²) in [5.41, 5.74) is 0. The van der Waals surface area contributed by atoms with E-state index in [0.29, 0.717) is 0 Å². The molecule has 0 spiro atoms. The van der Waals surface area contributed by atoms with Crippen molar-refractivity contribution in [2.45, 2.75) is 40.5 Å². The molecule has 2 rings (SSSR count). The zero-order valence-corrected chi connectivity index (χ0v) is 12.6. The third kappa shape index (κ3) is 3.58. The molecule has 1 N–H and O–H groups in total. The molecule has 0 atom stereocenters. The van der Waals surface area contributed by atoms with Crippen molar-refractivity contribution in [3.63, 3.8) is 0 Å². The van der Waals surface area contributed by atoms with E-state index in [0.717, 1.165) is 48.9 Å². The first-order chi connectivity index (χ1) is 9.10. The lowest BCUT2D eigenvalue weighted by molar-refractivity contribution is 0.310. The molecule has 0 aliphatic carbocycles. The van der Waals surface area contributed by atoms with Crippen molar-refractivity contribution in [3.8, 4) is 0 Å². The number of piperidine rings is 1. The number of nitrogens with one attached hydrogen (secondary N) is 1. The van der Waals surface area contributed by atoms with Gasteiger partial charge in [-0.3, -0.25) is 0 Å². The smallest absolute Gasteiger partial charge is 0.134 e. The second-order valence-corrected chi connectivity index (χ2v) is 5.76. The minimum Gasteiger partial charge on any atom is -0.370 e. The number of hydrogen-bond donors (Lipinski definition) is 1. The number of nitrogens with zero attached hydrogens (tertiary/aromatic N) is 3. The summed E-state index contributed by atoms with van der Waals surface area (Å²) in [5.74, 6) is 4.53. The van der Waals surface area contributed by atoms with E-state index in [9.17, 15) is 0 Å². The van der Waals surface area contributed by atoms with E-state index in [4.69, 9.17) is 0 Å². The molecule has 1 aliphatic rings. The van der Waals surface area contributed by atoms with Crippen molar-refractivity contribution >= 4 is 11.6 Å². The third-order valence-electron chi connectivity index (χ3n) is 3.99. The summed E-state index contributed by atoms with van der Waals surface area (Å²) in [6.07, 6.45) is 2.55. The zero-order valence-electron chi connectivity index (χ0n) is 12.6. The van der Waals surface area contributed by atoms with Gasteiger partial charge < -0.3 is 10.2 Å². The first-order valence-corrected chi connectivity index (χ1v) is 7.44. The molecule has 1 aromatic rings. The summed E-state index contributed by atoms with van der Waals surface area (Å²) in [4.78, 5) is 11.4. The highest BCUT2D eigenvalue weighted by Gasteiger charge is 2.22. The Balaban J connectivity index is 2.06. The maximum absolute atomic E-state index is 4.58. The highest BCUT2D eigenvalue weighted by Crippen LogP contribution is 2.27. The van der Waals surface area contributed by atoms with Crippen LogP contribution in [0.2, 0.25) is 0 Å². The Hall–Kier alpha value is -1.32. The highest BCUT2D eigenvalue weighted by atomic mass is 15.2. The van der Waals surface area contributed by atoms with Crippen LogP contribution in [0.5, 0.6) is 0 Å². The molecule has 0 aromatic carbocycles. The normalized spacial score (nSPS) is 17.0. The summed E-state index contributed by atoms with van der Waals surface area (Å²) in [6, 6.07) is 2.08. The van der Waals surface area contributed by atoms with Crippen LogP contribution in [0.4, 0.5) is 11.6 Å². The van der Waals surface area contributed by atoms with E-state index in [2.05, 4.69) is 47.0 Å². The molecule has 106 valence electrons. The molecule has 19 heavy (non-hydrogen) atoms. The summed E-state index contributed by atoms with van der Waals surface area (Å²) in [7, 11) is 0. The number of aryl methyl sites for hydroxylation is 1. The predicted octanol–water partition coefficient (Wildman–Crippen LogP) is 3.09. The SMILES string of the molecule is CCNc1cc(N2CCC(C(C)C)CC2)nc(C)n1. The second-order valence-electron chi connectivity index (χ2n) is 5.76. The van der Waals surface area contributed by atoms with Gasteiger partial charge in [0.15, 0.2) is 0 Å². The van der Waals surface area contributed by atoms with Gasteiger partial charge in [0.25, 0.3) is 0 Å². The van der Waals surface area contributed by atoms with Crippen molar-refractivity contribution in [2.75, 3.05) is 29.9 Å². The van der Waals surface area contributed by atoms with E-state index < -0.39 is 0 Å². The fourth-order valence-electron chi connectivity index (χ4n) is 2.78. The van der Waals surface area contributed by atoms with Gasteiger partial charge in [-0.05, 0) is 38.5 Å². The van der Waals surface area contributed by atoms with Crippen molar-refractivity contribution in [1.29, 1.82) is 0 Å². The molecular formula is C15H26N4. The Kier molecular flexibility index (Phi) is 4.61. The Bertz CT molecular complexity index is 409. The number of rotatable bonds is 4. The standard InChI is InChI=1S/C15H26N4/c1-5-16-14-10-15(18-12(4)17-14)19-8-6-13(7-9-19)11(2)3/h10-11,13H,5-9H2,1-4H3,(H,16,17,18). The van der Waals surface area contributed by atoms with Gasteiger partial charge in [-0.25, -0.2) is 9.97 Å². The molecule has 4 nitrogen and oxygen atoms in total. The molecule has 0 unspecified atom stereocenters. The first kappa shape index (κ1) is 14.1. The molecule has 1 fully saturated rings. The lowest BCUT2D eigenvalue weighted by atomic mass is 9.87. The van der Waals surface area contributed by atoms with Crippen molar-refractivity contribution in [2.24, 2.45) is 11.8 Å². The van der Waals surface area contributed by atoms with Crippen LogP contribution in [0.15, 0.2) is 6.07 Å². The van der Waals surface area contributed by atoms with Crippen LogP contribution < -0.4 is 10.2 Å². The van der Waals surface area contributed by atoms with E-state index in [1.54, 1.807) is 0 Å². The number of hydrogen-bond acceptors (Lipinski definition) is 4. The third-order valence-corrected chi connectivity index (χ3v) is 3.99. The average Bonchev–Trinajstić information content (AvgIpc) is 2.38. The number of anilines is 2. The van der Waals surface area contributed by atoms with Gasteiger partial charge in [0, 0.05) is 25.7 Å². The minimum absolute atomic E-state index is 0.798. The average molecular weight is 262 g/mol. The van der Waals surface area contributed by atoms with E-state index >= 15 is 0 Å². The topological polar surface area (TPSA) is 41.0 Å². The molecular weight excluding hydrogens is 236 g/mol. The quantitative estimate of drug-likeness (QED) is 0.905. The molecule has 2 heterocycles. The molecule has 0 saturated carbocycles. The van der Waals surface area contributed by atoms with Gasteiger partial charge in [-0.2, -0.15) is 0 Å². The molecule has 4 heteroatoms. The molecule has 1 aromatic heterocycles. The maximum atomic E-state index is 4.58. The fraction of sp³-hybridized carbons (Fsp3) is 0.733. The Labute approximate surface area is 116 Å². The van der Waals surface area contributed by atoms with Crippen molar-refractivity contribution in [3.05, 3.63) is 11.9 Å². The van der Waals surface area contributed by atoms with Crippen LogP contribution in [0.3, 0.4) is 0 Å². The van der Waals surface area contributed by atoms with Gasteiger partial charge in [0.2, 0.25) is 0 Å². The predicted molar refractivity (Wildman–Crippen MR) is 80.7 cm³/mol. The summed E-state index contributed by atoms with van der Waals surface area (Å²) >= 11 is 0. The molecule has 1 saturated heterocycles. The van der Waals surface area contributed by atoms with Gasteiger partial charge in [-0.1, -0.05) is 13.8 Å². The molecule has 0 bridgehead atoms. The Morgan fingerprint density at radius 3 is 2.58 bits per heavy atom. The van der Waals surface area contributed by atoms with Crippen molar-refractivity contribution < 1.29 is 0 Å². The molecule has 0 amide bonds. The highest BCUT2D eigenvalue weighted by molar-refractivity contribution is 5.49. The van der Waals surface area contributed by atoms with Crippen molar-refractivity contribution in [1.82, 2.24) is 9.97 Å². The lowest BCUT2D eigenvalue weighted by Crippen LogP contribution is -2.35. The first-order valence-electron chi connectivity index (χ1n) is 7.44. The van der Waals surface area contributed by atoms with E-state index in [1.807, 2.05) is 6.92 Å². The lowest BCUT2D eigenvalue weighted by Gasteiger charge is -2.34. The van der Waals surface area contributed by atoms with Crippen LogP contribution in [0.25, 0.3) is 0 Å². The monoisotopic (exact) mass is 262 g/mol. The number of aromatic nitrogens is 2. The van der Waals surface area contributed by atoms with Crippen LogP contribution in [0, 0.1) is 18.8 Å². The largest absolute Gasteiger partial charge is 0.370 e. The summed E-state index contributed by atoms with van der Waals surface area (Å²) < 4.78 is 0. The van der Waals surface area contributed by atoms with Crippen LogP contribution in [0.1, 0.15) is 39.4 Å². The second kappa shape index (κ2) is 6.22. The van der Waals surface area contributed by atoms with E-state index in [-0.39, 0.29) is 0 Å². The molecule has 1 aliphatic heterocycles. The Morgan fingerprint density at radius 2 is 2.00 bits per heavy atom. The van der Waals surface area contributed by atoms with Gasteiger partial charge in [0.1, 0.15) is 17.5 Å². The van der Waals surface area contributed by atoms with Crippen LogP contribution >= 0.6 is 0 Å². The summed E-state index contributed by atoms with van der Waals surface area (Å²) in [5, 5.41) is 3.28.